The van der Waals surface area contributed by atoms with Crippen molar-refractivity contribution in [2.75, 3.05) is 10.6 Å². The average Bonchev–Trinajstić information content (AvgIpc) is 3.32. The normalized spacial score (nSPS) is 16.1. The third-order valence-electron chi connectivity index (χ3n) is 5.32. The van der Waals surface area contributed by atoms with Gasteiger partial charge in [-0.3, -0.25) is 9.69 Å². The average molecular weight is 444 g/mol. The first-order chi connectivity index (χ1) is 15.5. The van der Waals surface area contributed by atoms with Crippen LogP contribution in [-0.2, 0) is 4.79 Å². The number of carbonyl (C=O) groups excluding carboxylic acids is 1. The maximum atomic E-state index is 13.2. The number of hydrogen-bond acceptors (Lipinski definition) is 5. The Morgan fingerprint density at radius 3 is 2.19 bits per heavy atom. The predicted octanol–water partition coefficient (Wildman–Crippen LogP) is 4.56. The second-order valence-corrected chi connectivity index (χ2v) is 7.71. The minimum atomic E-state index is -0.619. The smallest absolute Gasteiger partial charge is 0.296 e. The largest absolute Gasteiger partial charge is 0.503 e. The molecule has 0 radical (unpaired) electrons. The van der Waals surface area contributed by atoms with Gasteiger partial charge in [0.05, 0.1) is 11.7 Å². The molecule has 0 saturated carbocycles. The van der Waals surface area contributed by atoms with Crippen LogP contribution < -0.4 is 10.6 Å². The molecule has 3 N–H and O–H groups in total. The van der Waals surface area contributed by atoms with Crippen molar-refractivity contribution in [3.63, 3.8) is 0 Å². The van der Waals surface area contributed by atoms with E-state index in [-0.39, 0.29) is 17.7 Å². The molecule has 1 aliphatic rings. The number of benzene rings is 3. The van der Waals surface area contributed by atoms with E-state index >= 15 is 0 Å². The van der Waals surface area contributed by atoms with Crippen LogP contribution in [0.2, 0.25) is 5.02 Å². The molecule has 8 heteroatoms. The van der Waals surface area contributed by atoms with Crippen LogP contribution in [0, 0.1) is 0 Å². The number of hydrogen-bond donors (Lipinski definition) is 2. The molecule has 5 rings (SSSR count). The summed E-state index contributed by atoms with van der Waals surface area (Å²) in [6.45, 7) is 0. The van der Waals surface area contributed by atoms with E-state index in [0.29, 0.717) is 16.3 Å². The van der Waals surface area contributed by atoms with E-state index in [1.165, 1.54) is 9.58 Å². The van der Waals surface area contributed by atoms with Crippen molar-refractivity contribution in [1.29, 1.82) is 0 Å². The Bertz CT molecular complexity index is 1320. The molecular weight excluding hydrogens is 426 g/mol. The number of halogens is 1. The molecule has 32 heavy (non-hydrogen) atoms. The standard InChI is InChI=1S/C24H18ClN5O2/c25-17-11-13-18(14-12-17)30-23(26)27-24(28-30)29-20(16-9-5-2-6-10-16)19(21(31)22(29)32)15-7-3-1-4-8-15/h1-14,20,31H,(H2,26,27,28)/t20-/m0/s1. The van der Waals surface area contributed by atoms with Gasteiger partial charge in [0.1, 0.15) is 0 Å². The van der Waals surface area contributed by atoms with Gasteiger partial charge in [0.15, 0.2) is 5.76 Å². The van der Waals surface area contributed by atoms with E-state index in [0.717, 1.165) is 11.1 Å². The molecule has 0 spiro atoms. The van der Waals surface area contributed by atoms with E-state index in [1.54, 1.807) is 24.3 Å². The molecule has 1 aliphatic heterocycles. The monoisotopic (exact) mass is 443 g/mol. The minimum Gasteiger partial charge on any atom is -0.503 e. The molecule has 1 atom stereocenters. The second-order valence-electron chi connectivity index (χ2n) is 7.27. The third kappa shape index (κ3) is 3.29. The van der Waals surface area contributed by atoms with Crippen LogP contribution in [0.5, 0.6) is 0 Å². The number of nitrogens with two attached hydrogens (primary N) is 1. The number of nitrogen functional groups attached to an aromatic ring is 1. The zero-order valence-corrected chi connectivity index (χ0v) is 17.5. The summed E-state index contributed by atoms with van der Waals surface area (Å²) in [4.78, 5) is 19.0. The number of amides is 1. The van der Waals surface area contributed by atoms with Crippen molar-refractivity contribution in [2.24, 2.45) is 0 Å². The van der Waals surface area contributed by atoms with Gasteiger partial charge < -0.3 is 10.8 Å². The molecule has 3 aromatic carbocycles. The number of aromatic nitrogens is 3. The Morgan fingerprint density at radius 2 is 1.53 bits per heavy atom. The van der Waals surface area contributed by atoms with Crippen LogP contribution in [-0.4, -0.2) is 25.8 Å². The van der Waals surface area contributed by atoms with Crippen molar-refractivity contribution < 1.29 is 9.90 Å². The Morgan fingerprint density at radius 1 is 0.906 bits per heavy atom. The molecule has 1 amide bonds. The Hall–Kier alpha value is -4.10. The van der Waals surface area contributed by atoms with Gasteiger partial charge in [-0.1, -0.05) is 72.3 Å². The summed E-state index contributed by atoms with van der Waals surface area (Å²) in [5.41, 5.74) is 8.81. The maximum Gasteiger partial charge on any atom is 0.296 e. The van der Waals surface area contributed by atoms with Crippen molar-refractivity contribution in [3.8, 4) is 5.69 Å². The van der Waals surface area contributed by atoms with Gasteiger partial charge in [0.25, 0.3) is 11.9 Å². The molecule has 0 saturated heterocycles. The topological polar surface area (TPSA) is 97.3 Å². The lowest BCUT2D eigenvalue weighted by Crippen LogP contribution is -2.31. The number of aliphatic hydroxyl groups excluding tert-OH is 1. The van der Waals surface area contributed by atoms with E-state index in [1.807, 2.05) is 60.7 Å². The number of nitrogens with zero attached hydrogens (tertiary/aromatic N) is 4. The van der Waals surface area contributed by atoms with Gasteiger partial charge in [-0.05, 0) is 35.4 Å². The van der Waals surface area contributed by atoms with E-state index in [2.05, 4.69) is 10.1 Å². The SMILES string of the molecule is Nc1nc(N2C(=O)C(O)=C(c3ccccc3)[C@@H]2c2ccccc2)nn1-c1ccc(Cl)cc1. The first kappa shape index (κ1) is 19.8. The van der Waals surface area contributed by atoms with Gasteiger partial charge >= 0.3 is 0 Å². The van der Waals surface area contributed by atoms with Crippen LogP contribution in [0.1, 0.15) is 17.2 Å². The summed E-state index contributed by atoms with van der Waals surface area (Å²) >= 11 is 5.98. The van der Waals surface area contributed by atoms with Gasteiger partial charge in [0.2, 0.25) is 5.95 Å². The fourth-order valence-electron chi connectivity index (χ4n) is 3.86. The van der Waals surface area contributed by atoms with Gasteiger partial charge in [0, 0.05) is 10.6 Å². The van der Waals surface area contributed by atoms with Crippen LogP contribution >= 0.6 is 11.6 Å². The zero-order chi connectivity index (χ0) is 22.2. The number of carbonyl (C=O) groups is 1. The Balaban J connectivity index is 1.65. The highest BCUT2D eigenvalue weighted by molar-refractivity contribution is 6.30. The Kier molecular flexibility index (Phi) is 4.88. The lowest BCUT2D eigenvalue weighted by atomic mass is 9.94. The fraction of sp³-hybridized carbons (Fsp3) is 0.0417. The van der Waals surface area contributed by atoms with E-state index < -0.39 is 11.9 Å². The van der Waals surface area contributed by atoms with Crippen LogP contribution in [0.4, 0.5) is 11.9 Å². The van der Waals surface area contributed by atoms with Gasteiger partial charge in [-0.25, -0.2) is 0 Å². The van der Waals surface area contributed by atoms with Crippen LogP contribution in [0.3, 0.4) is 0 Å². The van der Waals surface area contributed by atoms with Crippen molar-refractivity contribution >= 4 is 35.0 Å². The third-order valence-corrected chi connectivity index (χ3v) is 5.57. The second kappa shape index (κ2) is 7.86. The molecule has 158 valence electrons. The van der Waals surface area contributed by atoms with Gasteiger partial charge in [-0.2, -0.15) is 9.67 Å². The summed E-state index contributed by atoms with van der Waals surface area (Å²) in [6, 6.07) is 25.1. The summed E-state index contributed by atoms with van der Waals surface area (Å²) in [5.74, 6) is -0.735. The molecular formula is C24H18ClN5O2. The highest BCUT2D eigenvalue weighted by Gasteiger charge is 2.44. The lowest BCUT2D eigenvalue weighted by Gasteiger charge is -2.24. The first-order valence-corrected chi connectivity index (χ1v) is 10.3. The summed E-state index contributed by atoms with van der Waals surface area (Å²) in [7, 11) is 0. The molecule has 7 nitrogen and oxygen atoms in total. The Labute approximate surface area is 189 Å². The van der Waals surface area contributed by atoms with Crippen LogP contribution in [0.25, 0.3) is 11.3 Å². The van der Waals surface area contributed by atoms with E-state index in [4.69, 9.17) is 17.3 Å². The molecule has 0 fully saturated rings. The molecule has 2 heterocycles. The maximum absolute atomic E-state index is 13.2. The van der Waals surface area contributed by atoms with Crippen molar-refractivity contribution in [3.05, 3.63) is 107 Å². The highest BCUT2D eigenvalue weighted by atomic mass is 35.5. The fourth-order valence-corrected chi connectivity index (χ4v) is 3.99. The summed E-state index contributed by atoms with van der Waals surface area (Å²) < 4.78 is 1.43. The number of rotatable bonds is 4. The van der Waals surface area contributed by atoms with Crippen molar-refractivity contribution in [1.82, 2.24) is 14.8 Å². The summed E-state index contributed by atoms with van der Waals surface area (Å²) in [5, 5.41) is 15.9. The van der Waals surface area contributed by atoms with Crippen molar-refractivity contribution in [2.45, 2.75) is 6.04 Å². The zero-order valence-electron chi connectivity index (χ0n) is 16.8. The lowest BCUT2D eigenvalue weighted by molar-refractivity contribution is -0.117. The predicted molar refractivity (Wildman–Crippen MR) is 123 cm³/mol. The molecule has 4 aromatic rings. The minimum absolute atomic E-state index is 0.0915. The van der Waals surface area contributed by atoms with Gasteiger partial charge in [-0.15, -0.1) is 5.10 Å². The van der Waals surface area contributed by atoms with Crippen LogP contribution in [0.15, 0.2) is 90.7 Å². The number of anilines is 2. The summed E-state index contributed by atoms with van der Waals surface area (Å²) in [6.07, 6.45) is 0. The van der Waals surface area contributed by atoms with E-state index in [9.17, 15) is 9.90 Å². The quantitative estimate of drug-likeness (QED) is 0.482. The molecule has 0 unspecified atom stereocenters. The molecule has 0 bridgehead atoms. The highest BCUT2D eigenvalue weighted by Crippen LogP contribution is 2.44. The first-order valence-electron chi connectivity index (χ1n) is 9.90. The number of aliphatic hydroxyl groups is 1. The molecule has 1 aromatic heterocycles. The molecule has 0 aliphatic carbocycles.